The Morgan fingerprint density at radius 1 is 1.43 bits per heavy atom. The minimum Gasteiger partial charge on any atom is -0.387 e. The minimum absolute atomic E-state index is 0.511. The van der Waals surface area contributed by atoms with Gasteiger partial charge < -0.3 is 14.9 Å². The lowest BCUT2D eigenvalue weighted by molar-refractivity contribution is 0.0622. The zero-order valence-corrected chi connectivity index (χ0v) is 14.4. The predicted octanol–water partition coefficient (Wildman–Crippen LogP) is 3.44. The Morgan fingerprint density at radius 2 is 2.14 bits per heavy atom. The van der Waals surface area contributed by atoms with Gasteiger partial charge in [-0.3, -0.25) is 0 Å². The van der Waals surface area contributed by atoms with E-state index in [1.807, 2.05) is 0 Å². The monoisotopic (exact) mass is 330 g/mol. The fraction of sp³-hybridized carbons (Fsp3) is 0.625. The first kappa shape index (κ1) is 17.0. The first-order valence-corrected chi connectivity index (χ1v) is 8.17. The minimum atomic E-state index is -0.588. The van der Waals surface area contributed by atoms with E-state index in [4.69, 9.17) is 23.2 Å². The lowest BCUT2D eigenvalue weighted by Gasteiger charge is -2.40. The average molecular weight is 331 g/mol. The summed E-state index contributed by atoms with van der Waals surface area (Å²) in [4.78, 5) is 4.63. The average Bonchev–Trinajstić information content (AvgIpc) is 2.41. The highest BCUT2D eigenvalue weighted by molar-refractivity contribution is 6.35. The molecule has 3 unspecified atom stereocenters. The molecule has 21 heavy (non-hydrogen) atoms. The van der Waals surface area contributed by atoms with Gasteiger partial charge >= 0.3 is 0 Å². The van der Waals surface area contributed by atoms with E-state index in [2.05, 4.69) is 30.8 Å². The molecular weight excluding hydrogens is 307 g/mol. The highest BCUT2D eigenvalue weighted by atomic mass is 35.5. The maximum atomic E-state index is 10.4. The van der Waals surface area contributed by atoms with Gasteiger partial charge in [-0.15, -0.1) is 0 Å². The summed E-state index contributed by atoms with van der Waals surface area (Å²) in [6, 6.07) is 6.35. The van der Waals surface area contributed by atoms with Gasteiger partial charge in [0.2, 0.25) is 0 Å². The molecule has 118 valence electrons. The highest BCUT2D eigenvalue weighted by Crippen LogP contribution is 2.28. The van der Waals surface area contributed by atoms with E-state index in [1.165, 1.54) is 0 Å². The van der Waals surface area contributed by atoms with E-state index in [1.54, 1.807) is 18.2 Å². The topological polar surface area (TPSA) is 26.7 Å². The molecule has 2 rings (SSSR count). The van der Waals surface area contributed by atoms with Crippen LogP contribution in [0.5, 0.6) is 0 Å². The van der Waals surface area contributed by atoms with Gasteiger partial charge in [0.15, 0.2) is 0 Å². The third kappa shape index (κ3) is 4.33. The van der Waals surface area contributed by atoms with Crippen molar-refractivity contribution >= 4 is 23.2 Å². The van der Waals surface area contributed by atoms with Crippen LogP contribution in [0, 0.1) is 0 Å². The van der Waals surface area contributed by atoms with E-state index in [-0.39, 0.29) is 0 Å². The van der Waals surface area contributed by atoms with Crippen LogP contribution in [0.4, 0.5) is 0 Å². The molecular formula is C16H24Cl2N2O. The molecule has 5 heteroatoms. The number of piperidine rings is 1. The van der Waals surface area contributed by atoms with Crippen LogP contribution in [-0.2, 0) is 0 Å². The fourth-order valence-corrected chi connectivity index (χ4v) is 3.49. The molecule has 3 atom stereocenters. The molecule has 0 saturated carbocycles. The smallest absolute Gasteiger partial charge is 0.0931 e. The van der Waals surface area contributed by atoms with E-state index < -0.39 is 6.10 Å². The van der Waals surface area contributed by atoms with Crippen LogP contribution in [0.25, 0.3) is 0 Å². The largest absolute Gasteiger partial charge is 0.387 e. The second kappa shape index (κ2) is 7.30. The van der Waals surface area contributed by atoms with Gasteiger partial charge in [0.05, 0.1) is 6.10 Å². The molecule has 0 amide bonds. The Bertz CT molecular complexity index is 483. The number of hydrogen-bond donors (Lipinski definition) is 1. The van der Waals surface area contributed by atoms with Gasteiger partial charge in [-0.2, -0.15) is 0 Å². The Hall–Kier alpha value is -0.320. The summed E-state index contributed by atoms with van der Waals surface area (Å²) in [6.45, 7) is 3.95. The van der Waals surface area contributed by atoms with Crippen molar-refractivity contribution < 1.29 is 5.11 Å². The molecule has 1 N–H and O–H groups in total. The van der Waals surface area contributed by atoms with Gasteiger partial charge in [0.1, 0.15) is 0 Å². The molecule has 0 aliphatic carbocycles. The van der Waals surface area contributed by atoms with Crippen molar-refractivity contribution in [2.75, 3.05) is 27.2 Å². The quantitative estimate of drug-likeness (QED) is 0.916. The number of benzene rings is 1. The third-order valence-corrected chi connectivity index (χ3v) is 5.15. The molecule has 0 bridgehead atoms. The SMILES string of the molecule is CC1CC(N(C)CC(O)c2ccc(Cl)cc2Cl)CCN1C. The van der Waals surface area contributed by atoms with E-state index >= 15 is 0 Å². The number of rotatable bonds is 4. The van der Waals surface area contributed by atoms with Crippen molar-refractivity contribution in [1.82, 2.24) is 9.80 Å². The fourth-order valence-electron chi connectivity index (χ4n) is 2.96. The lowest BCUT2D eigenvalue weighted by Crippen LogP contribution is -2.47. The molecule has 3 nitrogen and oxygen atoms in total. The van der Waals surface area contributed by atoms with Crippen molar-refractivity contribution in [2.45, 2.75) is 38.0 Å². The van der Waals surface area contributed by atoms with Gasteiger partial charge in [0, 0.05) is 34.2 Å². The van der Waals surface area contributed by atoms with Crippen LogP contribution >= 0.6 is 23.2 Å². The maximum Gasteiger partial charge on any atom is 0.0931 e. The summed E-state index contributed by atoms with van der Waals surface area (Å²) in [7, 11) is 4.25. The summed E-state index contributed by atoms with van der Waals surface area (Å²) >= 11 is 12.1. The Labute approximate surface area is 137 Å². The van der Waals surface area contributed by atoms with Crippen molar-refractivity contribution in [3.05, 3.63) is 33.8 Å². The van der Waals surface area contributed by atoms with Crippen molar-refractivity contribution in [1.29, 1.82) is 0 Å². The second-order valence-electron chi connectivity index (χ2n) is 6.13. The van der Waals surface area contributed by atoms with E-state index in [0.717, 1.165) is 24.9 Å². The number of likely N-dealkylation sites (N-methyl/N-ethyl adjacent to an activating group) is 1. The van der Waals surface area contributed by atoms with Crippen LogP contribution < -0.4 is 0 Å². The molecule has 1 aromatic carbocycles. The lowest BCUT2D eigenvalue weighted by atomic mass is 9.97. The summed E-state index contributed by atoms with van der Waals surface area (Å²) in [6.07, 6.45) is 1.68. The normalized spacial score (nSPS) is 25.3. The van der Waals surface area contributed by atoms with E-state index in [9.17, 15) is 5.11 Å². The Balaban J connectivity index is 1.97. The maximum absolute atomic E-state index is 10.4. The summed E-state index contributed by atoms with van der Waals surface area (Å²) in [5, 5.41) is 11.6. The number of hydrogen-bond acceptors (Lipinski definition) is 3. The number of likely N-dealkylation sites (tertiary alicyclic amines) is 1. The van der Waals surface area contributed by atoms with Gasteiger partial charge in [-0.05, 0) is 52.5 Å². The van der Waals surface area contributed by atoms with Crippen molar-refractivity contribution in [3.8, 4) is 0 Å². The number of aliphatic hydroxyl groups excluding tert-OH is 1. The zero-order valence-electron chi connectivity index (χ0n) is 12.9. The van der Waals surface area contributed by atoms with E-state index in [0.29, 0.717) is 28.7 Å². The molecule has 1 heterocycles. The summed E-state index contributed by atoms with van der Waals surface area (Å²) in [5.41, 5.74) is 0.744. The molecule has 0 spiro atoms. The second-order valence-corrected chi connectivity index (χ2v) is 6.97. The van der Waals surface area contributed by atoms with Gasteiger partial charge in [0.25, 0.3) is 0 Å². The van der Waals surface area contributed by atoms with Gasteiger partial charge in [-0.25, -0.2) is 0 Å². The van der Waals surface area contributed by atoms with Crippen LogP contribution in [-0.4, -0.2) is 54.2 Å². The Kier molecular flexibility index (Phi) is 5.92. The molecule has 1 fully saturated rings. The summed E-state index contributed by atoms with van der Waals surface area (Å²) in [5.74, 6) is 0. The predicted molar refractivity (Wildman–Crippen MR) is 89.2 cm³/mol. The first-order chi connectivity index (χ1) is 9.88. The van der Waals surface area contributed by atoms with Crippen LogP contribution in [0.3, 0.4) is 0 Å². The molecule has 1 aromatic rings. The van der Waals surface area contributed by atoms with Crippen LogP contribution in [0.15, 0.2) is 18.2 Å². The first-order valence-electron chi connectivity index (χ1n) is 7.42. The van der Waals surface area contributed by atoms with Gasteiger partial charge in [-0.1, -0.05) is 29.3 Å². The molecule has 0 aromatic heterocycles. The van der Waals surface area contributed by atoms with Crippen molar-refractivity contribution in [2.24, 2.45) is 0 Å². The van der Waals surface area contributed by atoms with Crippen LogP contribution in [0.1, 0.15) is 31.4 Å². The standard InChI is InChI=1S/C16H24Cl2N2O/c1-11-8-13(6-7-19(11)2)20(3)10-16(21)14-5-4-12(17)9-15(14)18/h4-5,9,11,13,16,21H,6-8,10H2,1-3H3. The molecule has 1 aliphatic heterocycles. The highest BCUT2D eigenvalue weighted by Gasteiger charge is 2.27. The number of nitrogens with zero attached hydrogens (tertiary/aromatic N) is 2. The zero-order chi connectivity index (χ0) is 15.6. The molecule has 0 radical (unpaired) electrons. The molecule has 1 aliphatic rings. The summed E-state index contributed by atoms with van der Waals surface area (Å²) < 4.78 is 0. The number of aliphatic hydroxyl groups is 1. The van der Waals surface area contributed by atoms with Crippen molar-refractivity contribution in [3.63, 3.8) is 0 Å². The Morgan fingerprint density at radius 3 is 2.76 bits per heavy atom. The third-order valence-electron chi connectivity index (χ3n) is 4.59. The van der Waals surface area contributed by atoms with Crippen LogP contribution in [0.2, 0.25) is 10.0 Å². The number of halogens is 2. The molecule has 1 saturated heterocycles.